The molecule has 0 unspecified atom stereocenters. The SMILES string of the molecule is CCNC(=NCC(C)(C)NS(C)(=O)=O)N1CCN(c2cccc(Cl)c2)CC1.I. The van der Waals surface area contributed by atoms with Gasteiger partial charge in [0.05, 0.1) is 12.8 Å². The van der Waals surface area contributed by atoms with Crippen LogP contribution in [0.2, 0.25) is 5.02 Å². The Kier molecular flexibility index (Phi) is 9.78. The number of guanidine groups is 1. The van der Waals surface area contributed by atoms with E-state index in [4.69, 9.17) is 11.6 Å². The molecule has 1 fully saturated rings. The van der Waals surface area contributed by atoms with Crippen molar-refractivity contribution in [2.45, 2.75) is 26.3 Å². The summed E-state index contributed by atoms with van der Waals surface area (Å²) in [6.45, 7) is 10.2. The molecule has 2 rings (SSSR count). The van der Waals surface area contributed by atoms with Gasteiger partial charge in [0.15, 0.2) is 5.96 Å². The number of benzene rings is 1. The highest BCUT2D eigenvalue weighted by Crippen LogP contribution is 2.20. The molecule has 10 heteroatoms. The zero-order chi connectivity index (χ0) is 20.1. The summed E-state index contributed by atoms with van der Waals surface area (Å²) < 4.78 is 25.7. The minimum atomic E-state index is -3.28. The van der Waals surface area contributed by atoms with E-state index in [2.05, 4.69) is 30.9 Å². The van der Waals surface area contributed by atoms with Crippen LogP contribution >= 0.6 is 35.6 Å². The van der Waals surface area contributed by atoms with Crippen LogP contribution in [0.15, 0.2) is 29.3 Å². The van der Waals surface area contributed by atoms with E-state index >= 15 is 0 Å². The number of hydrogen-bond donors (Lipinski definition) is 2. The van der Waals surface area contributed by atoms with E-state index in [0.717, 1.165) is 49.4 Å². The molecule has 0 radical (unpaired) electrons. The topological polar surface area (TPSA) is 77.0 Å². The van der Waals surface area contributed by atoms with Crippen LogP contribution < -0.4 is 14.9 Å². The van der Waals surface area contributed by atoms with Gasteiger partial charge >= 0.3 is 0 Å². The summed E-state index contributed by atoms with van der Waals surface area (Å²) in [5.74, 6) is 0.812. The molecule has 0 bridgehead atoms. The average Bonchev–Trinajstić information content (AvgIpc) is 2.57. The molecule has 0 atom stereocenters. The number of halogens is 2. The fourth-order valence-corrected chi connectivity index (χ4v) is 4.33. The van der Waals surface area contributed by atoms with Crippen LogP contribution in [0.1, 0.15) is 20.8 Å². The van der Waals surface area contributed by atoms with Crippen molar-refractivity contribution in [1.29, 1.82) is 0 Å². The van der Waals surface area contributed by atoms with Gasteiger partial charge < -0.3 is 15.1 Å². The number of rotatable bonds is 6. The maximum absolute atomic E-state index is 11.5. The molecule has 0 aliphatic carbocycles. The molecule has 1 saturated heterocycles. The summed E-state index contributed by atoms with van der Waals surface area (Å²) in [4.78, 5) is 9.19. The summed E-state index contributed by atoms with van der Waals surface area (Å²) in [7, 11) is -3.28. The van der Waals surface area contributed by atoms with Gasteiger partial charge in [-0.2, -0.15) is 0 Å². The first kappa shape index (κ1) is 25.3. The van der Waals surface area contributed by atoms with Gasteiger partial charge in [0, 0.05) is 49.0 Å². The molecule has 0 spiro atoms. The van der Waals surface area contributed by atoms with Gasteiger partial charge in [-0.25, -0.2) is 13.1 Å². The monoisotopic (exact) mass is 543 g/mol. The van der Waals surface area contributed by atoms with E-state index in [1.807, 2.05) is 39.0 Å². The predicted molar refractivity (Wildman–Crippen MR) is 129 cm³/mol. The Morgan fingerprint density at radius 1 is 1.25 bits per heavy atom. The lowest BCUT2D eigenvalue weighted by atomic mass is 10.1. The van der Waals surface area contributed by atoms with Gasteiger partial charge in [0.1, 0.15) is 0 Å². The Bertz CT molecular complexity index is 765. The van der Waals surface area contributed by atoms with Crippen molar-refractivity contribution in [3.63, 3.8) is 0 Å². The highest BCUT2D eigenvalue weighted by molar-refractivity contribution is 14.0. The number of nitrogens with zero attached hydrogens (tertiary/aromatic N) is 3. The molecule has 160 valence electrons. The number of anilines is 1. The first-order chi connectivity index (χ1) is 12.6. The third-order valence-electron chi connectivity index (χ3n) is 4.17. The van der Waals surface area contributed by atoms with Gasteiger partial charge in [-0.1, -0.05) is 17.7 Å². The molecule has 2 N–H and O–H groups in total. The fourth-order valence-electron chi connectivity index (χ4n) is 3.08. The van der Waals surface area contributed by atoms with E-state index in [1.165, 1.54) is 6.26 Å². The third kappa shape index (κ3) is 8.30. The van der Waals surface area contributed by atoms with Crippen LogP contribution in [-0.4, -0.2) is 70.3 Å². The average molecular weight is 544 g/mol. The van der Waals surface area contributed by atoms with Crippen LogP contribution in [0, 0.1) is 0 Å². The minimum absolute atomic E-state index is 0. The molecule has 1 aliphatic heterocycles. The second-order valence-electron chi connectivity index (χ2n) is 7.38. The molecule has 28 heavy (non-hydrogen) atoms. The zero-order valence-corrected chi connectivity index (χ0v) is 20.8. The number of nitrogens with one attached hydrogen (secondary N) is 2. The standard InChI is InChI=1S/C18H30ClN5O2S.HI/c1-5-20-17(21-14-18(2,3)22-27(4,25)26)24-11-9-23(10-12-24)16-8-6-7-15(19)13-16;/h6-8,13,22H,5,9-12,14H2,1-4H3,(H,20,21);1H. The van der Waals surface area contributed by atoms with E-state index in [-0.39, 0.29) is 24.0 Å². The first-order valence-electron chi connectivity index (χ1n) is 9.12. The largest absolute Gasteiger partial charge is 0.368 e. The number of aliphatic imine (C=N–C) groups is 1. The number of sulfonamides is 1. The van der Waals surface area contributed by atoms with Gasteiger partial charge in [0.25, 0.3) is 0 Å². The van der Waals surface area contributed by atoms with Crippen LogP contribution in [0.5, 0.6) is 0 Å². The maximum Gasteiger partial charge on any atom is 0.209 e. The Morgan fingerprint density at radius 2 is 1.89 bits per heavy atom. The van der Waals surface area contributed by atoms with Crippen LogP contribution in [0.3, 0.4) is 0 Å². The Morgan fingerprint density at radius 3 is 2.43 bits per heavy atom. The van der Waals surface area contributed by atoms with Crippen LogP contribution in [-0.2, 0) is 10.0 Å². The molecule has 1 aliphatic rings. The summed E-state index contributed by atoms with van der Waals surface area (Å²) in [5, 5.41) is 4.05. The molecular formula is C18H31ClIN5O2S. The molecule has 7 nitrogen and oxygen atoms in total. The van der Waals surface area contributed by atoms with E-state index in [0.29, 0.717) is 6.54 Å². The third-order valence-corrected chi connectivity index (χ3v) is 5.33. The van der Waals surface area contributed by atoms with Crippen molar-refractivity contribution in [2.24, 2.45) is 4.99 Å². The van der Waals surface area contributed by atoms with E-state index in [9.17, 15) is 8.42 Å². The van der Waals surface area contributed by atoms with E-state index < -0.39 is 15.6 Å². The second kappa shape index (κ2) is 10.8. The van der Waals surface area contributed by atoms with Crippen molar-refractivity contribution in [3.05, 3.63) is 29.3 Å². The van der Waals surface area contributed by atoms with Gasteiger partial charge in [-0.3, -0.25) is 4.99 Å². The Hall–Kier alpha value is -0.780. The van der Waals surface area contributed by atoms with Gasteiger partial charge in [-0.05, 0) is 39.0 Å². The van der Waals surface area contributed by atoms with Crippen molar-refractivity contribution in [3.8, 4) is 0 Å². The molecule has 0 saturated carbocycles. The van der Waals surface area contributed by atoms with Crippen molar-refractivity contribution < 1.29 is 8.42 Å². The Labute approximate surface area is 191 Å². The summed E-state index contributed by atoms with van der Waals surface area (Å²) in [5.41, 5.74) is 0.485. The van der Waals surface area contributed by atoms with Crippen LogP contribution in [0.4, 0.5) is 5.69 Å². The van der Waals surface area contributed by atoms with Crippen molar-refractivity contribution in [1.82, 2.24) is 14.9 Å². The summed E-state index contributed by atoms with van der Waals surface area (Å²) in [6, 6.07) is 7.89. The number of hydrogen-bond acceptors (Lipinski definition) is 4. The summed E-state index contributed by atoms with van der Waals surface area (Å²) in [6.07, 6.45) is 1.17. The lowest BCUT2D eigenvalue weighted by Crippen LogP contribution is -2.53. The quantitative estimate of drug-likeness (QED) is 0.327. The molecule has 0 amide bonds. The molecular weight excluding hydrogens is 513 g/mol. The molecule has 1 aromatic carbocycles. The van der Waals surface area contributed by atoms with E-state index in [1.54, 1.807) is 0 Å². The van der Waals surface area contributed by atoms with Crippen LogP contribution in [0.25, 0.3) is 0 Å². The lowest BCUT2D eigenvalue weighted by Gasteiger charge is -2.38. The highest BCUT2D eigenvalue weighted by atomic mass is 127. The molecule has 1 heterocycles. The van der Waals surface area contributed by atoms with Gasteiger partial charge in [-0.15, -0.1) is 24.0 Å². The van der Waals surface area contributed by atoms with Crippen molar-refractivity contribution >= 4 is 57.2 Å². The molecule has 0 aromatic heterocycles. The number of piperazine rings is 1. The predicted octanol–water partition coefficient (Wildman–Crippen LogP) is 2.37. The second-order valence-corrected chi connectivity index (χ2v) is 9.57. The highest BCUT2D eigenvalue weighted by Gasteiger charge is 2.24. The maximum atomic E-state index is 11.5. The fraction of sp³-hybridized carbons (Fsp3) is 0.611. The lowest BCUT2D eigenvalue weighted by molar-refractivity contribution is 0.369. The molecule has 1 aromatic rings. The van der Waals surface area contributed by atoms with Crippen molar-refractivity contribution in [2.75, 3.05) is 50.4 Å². The summed E-state index contributed by atoms with van der Waals surface area (Å²) >= 11 is 6.10. The van der Waals surface area contributed by atoms with Gasteiger partial charge in [0.2, 0.25) is 10.0 Å². The zero-order valence-electron chi connectivity index (χ0n) is 16.9. The first-order valence-corrected chi connectivity index (χ1v) is 11.4. The Balaban J connectivity index is 0.00000392. The smallest absolute Gasteiger partial charge is 0.209 e. The minimum Gasteiger partial charge on any atom is -0.368 e. The normalized spacial score (nSPS) is 16.0.